The van der Waals surface area contributed by atoms with Crippen molar-refractivity contribution in [2.75, 3.05) is 13.1 Å². The highest BCUT2D eigenvalue weighted by molar-refractivity contribution is 7.89. The SMILES string of the molecule is CC(C)(C)OC(=O)NCCNS(=O)(=O)c1cc([N+](=O)[O-])ccc1F. The first-order valence-electron chi connectivity index (χ1n) is 6.83. The molecule has 0 saturated carbocycles. The molecule has 1 rings (SSSR count). The van der Waals surface area contributed by atoms with Crippen LogP contribution in [-0.2, 0) is 14.8 Å². The van der Waals surface area contributed by atoms with E-state index < -0.39 is 43.0 Å². The minimum atomic E-state index is -4.30. The Morgan fingerprint density at radius 3 is 2.50 bits per heavy atom. The van der Waals surface area contributed by atoms with Gasteiger partial charge in [0.2, 0.25) is 10.0 Å². The van der Waals surface area contributed by atoms with E-state index in [0.717, 1.165) is 6.07 Å². The van der Waals surface area contributed by atoms with Crippen LogP contribution >= 0.6 is 0 Å². The quantitative estimate of drug-likeness (QED) is 0.448. The van der Waals surface area contributed by atoms with Crippen molar-refractivity contribution in [1.29, 1.82) is 0 Å². The molecule has 0 saturated heterocycles. The summed E-state index contributed by atoms with van der Waals surface area (Å²) in [5.74, 6) is -1.12. The minimum absolute atomic E-state index is 0.106. The molecule has 9 nitrogen and oxygen atoms in total. The van der Waals surface area contributed by atoms with E-state index in [1.165, 1.54) is 0 Å². The van der Waals surface area contributed by atoms with Gasteiger partial charge in [-0.1, -0.05) is 0 Å². The van der Waals surface area contributed by atoms with Crippen LogP contribution in [0.3, 0.4) is 0 Å². The van der Waals surface area contributed by atoms with Crippen molar-refractivity contribution >= 4 is 21.8 Å². The van der Waals surface area contributed by atoms with Crippen molar-refractivity contribution in [1.82, 2.24) is 10.0 Å². The van der Waals surface area contributed by atoms with Crippen LogP contribution < -0.4 is 10.0 Å². The number of hydrogen-bond donors (Lipinski definition) is 2. The Morgan fingerprint density at radius 2 is 1.96 bits per heavy atom. The van der Waals surface area contributed by atoms with Crippen LogP contribution in [0.25, 0.3) is 0 Å². The molecule has 0 unspecified atom stereocenters. The number of amides is 1. The van der Waals surface area contributed by atoms with Gasteiger partial charge in [0.25, 0.3) is 5.69 Å². The van der Waals surface area contributed by atoms with E-state index in [2.05, 4.69) is 5.32 Å². The molecular weight excluding hydrogens is 345 g/mol. The normalized spacial score (nSPS) is 11.8. The summed E-state index contributed by atoms with van der Waals surface area (Å²) < 4.78 is 44.6. The van der Waals surface area contributed by atoms with Crippen molar-refractivity contribution in [2.24, 2.45) is 0 Å². The van der Waals surface area contributed by atoms with E-state index in [-0.39, 0.29) is 13.1 Å². The lowest BCUT2D eigenvalue weighted by Gasteiger charge is -2.19. The summed E-state index contributed by atoms with van der Waals surface area (Å²) in [6.45, 7) is 4.65. The van der Waals surface area contributed by atoms with Gasteiger partial charge >= 0.3 is 6.09 Å². The number of carbonyl (C=O) groups excluding carboxylic acids is 1. The highest BCUT2D eigenvalue weighted by Crippen LogP contribution is 2.20. The molecule has 0 atom stereocenters. The van der Waals surface area contributed by atoms with Crippen LogP contribution in [-0.4, -0.2) is 38.1 Å². The zero-order valence-corrected chi connectivity index (χ0v) is 14.1. The number of sulfonamides is 1. The fourth-order valence-corrected chi connectivity index (χ4v) is 2.68. The molecule has 0 aromatic heterocycles. The minimum Gasteiger partial charge on any atom is -0.444 e. The summed E-state index contributed by atoms with van der Waals surface area (Å²) in [5, 5.41) is 13.0. The predicted octanol–water partition coefficient (Wildman–Crippen LogP) is 1.54. The molecule has 0 aliphatic heterocycles. The second kappa shape index (κ2) is 7.53. The van der Waals surface area contributed by atoms with Gasteiger partial charge < -0.3 is 10.1 Å². The van der Waals surface area contributed by atoms with Crippen molar-refractivity contribution < 1.29 is 27.3 Å². The number of rotatable bonds is 6. The Balaban J connectivity index is 2.67. The third-order valence-electron chi connectivity index (χ3n) is 2.50. The van der Waals surface area contributed by atoms with Gasteiger partial charge in [-0.15, -0.1) is 0 Å². The van der Waals surface area contributed by atoms with Gasteiger partial charge in [-0.25, -0.2) is 22.3 Å². The largest absolute Gasteiger partial charge is 0.444 e. The predicted molar refractivity (Wildman–Crippen MR) is 82.5 cm³/mol. The number of non-ortho nitro benzene ring substituents is 1. The topological polar surface area (TPSA) is 128 Å². The van der Waals surface area contributed by atoms with Crippen molar-refractivity contribution in [3.63, 3.8) is 0 Å². The molecule has 2 N–H and O–H groups in total. The highest BCUT2D eigenvalue weighted by Gasteiger charge is 2.22. The van der Waals surface area contributed by atoms with E-state index in [4.69, 9.17) is 4.74 Å². The Morgan fingerprint density at radius 1 is 1.33 bits per heavy atom. The number of alkyl carbamates (subject to hydrolysis) is 1. The number of benzene rings is 1. The Kier molecular flexibility index (Phi) is 6.21. The van der Waals surface area contributed by atoms with Gasteiger partial charge in [0.1, 0.15) is 16.3 Å². The van der Waals surface area contributed by atoms with Gasteiger partial charge in [0.15, 0.2) is 0 Å². The molecule has 134 valence electrons. The van der Waals surface area contributed by atoms with Gasteiger partial charge in [0, 0.05) is 25.2 Å². The van der Waals surface area contributed by atoms with Crippen molar-refractivity contribution in [3.05, 3.63) is 34.1 Å². The zero-order chi connectivity index (χ0) is 18.5. The first-order chi connectivity index (χ1) is 10.9. The average molecular weight is 363 g/mol. The number of nitro groups is 1. The molecule has 0 aliphatic carbocycles. The maximum atomic E-state index is 13.6. The maximum Gasteiger partial charge on any atom is 0.407 e. The number of nitro benzene ring substituents is 1. The second-order valence-electron chi connectivity index (χ2n) is 5.70. The van der Waals surface area contributed by atoms with E-state index >= 15 is 0 Å². The van der Waals surface area contributed by atoms with E-state index in [1.54, 1.807) is 20.8 Å². The van der Waals surface area contributed by atoms with E-state index in [0.29, 0.717) is 12.1 Å². The summed E-state index contributed by atoms with van der Waals surface area (Å²) in [6, 6.07) is 2.18. The van der Waals surface area contributed by atoms with Crippen LogP contribution in [0.2, 0.25) is 0 Å². The molecular formula is C13H18FN3O6S. The first-order valence-corrected chi connectivity index (χ1v) is 8.31. The molecule has 0 spiro atoms. The number of carbonyl (C=O) groups is 1. The average Bonchev–Trinajstić information content (AvgIpc) is 2.41. The fourth-order valence-electron chi connectivity index (χ4n) is 1.55. The van der Waals surface area contributed by atoms with E-state index in [9.17, 15) is 27.7 Å². The van der Waals surface area contributed by atoms with Crippen molar-refractivity contribution in [2.45, 2.75) is 31.3 Å². The van der Waals surface area contributed by atoms with Gasteiger partial charge in [0.05, 0.1) is 4.92 Å². The number of halogens is 1. The molecule has 0 bridgehead atoms. The number of ether oxygens (including phenoxy) is 1. The molecule has 1 amide bonds. The Bertz CT molecular complexity index is 730. The van der Waals surface area contributed by atoms with Crippen LogP contribution in [0.15, 0.2) is 23.1 Å². The lowest BCUT2D eigenvalue weighted by Crippen LogP contribution is -2.38. The molecule has 1 aromatic carbocycles. The van der Waals surface area contributed by atoms with E-state index in [1.807, 2.05) is 4.72 Å². The summed E-state index contributed by atoms with van der Waals surface area (Å²) >= 11 is 0. The second-order valence-corrected chi connectivity index (χ2v) is 7.43. The van der Waals surface area contributed by atoms with Gasteiger partial charge in [-0.05, 0) is 26.8 Å². The molecule has 0 aliphatic rings. The molecule has 1 aromatic rings. The first kappa shape index (κ1) is 19.8. The molecule has 0 radical (unpaired) electrons. The van der Waals surface area contributed by atoms with Crippen LogP contribution in [0.1, 0.15) is 20.8 Å². The molecule has 0 heterocycles. The fraction of sp³-hybridized carbons (Fsp3) is 0.462. The molecule has 11 heteroatoms. The third kappa shape index (κ3) is 6.08. The van der Waals surface area contributed by atoms with Crippen LogP contribution in [0, 0.1) is 15.9 Å². The lowest BCUT2D eigenvalue weighted by atomic mass is 10.2. The summed E-state index contributed by atoms with van der Waals surface area (Å²) in [7, 11) is -4.30. The third-order valence-corrected chi connectivity index (χ3v) is 3.98. The lowest BCUT2D eigenvalue weighted by molar-refractivity contribution is -0.385. The van der Waals surface area contributed by atoms with Crippen molar-refractivity contribution in [3.8, 4) is 0 Å². The Hall–Kier alpha value is -2.27. The summed E-state index contributed by atoms with van der Waals surface area (Å²) in [4.78, 5) is 20.4. The standard InChI is InChI=1S/C13H18FN3O6S/c1-13(2,3)23-12(18)15-6-7-16-24(21,22)11-8-9(17(19)20)4-5-10(11)14/h4-5,8,16H,6-7H2,1-3H3,(H,15,18). The zero-order valence-electron chi connectivity index (χ0n) is 13.3. The Labute approximate surface area is 138 Å². The highest BCUT2D eigenvalue weighted by atomic mass is 32.2. The maximum absolute atomic E-state index is 13.6. The molecule has 0 fully saturated rings. The van der Waals surface area contributed by atoms with Crippen LogP contribution in [0.4, 0.5) is 14.9 Å². The monoisotopic (exact) mass is 363 g/mol. The number of hydrogen-bond acceptors (Lipinski definition) is 6. The number of nitrogens with zero attached hydrogens (tertiary/aromatic N) is 1. The number of nitrogens with one attached hydrogen (secondary N) is 2. The molecule has 24 heavy (non-hydrogen) atoms. The summed E-state index contributed by atoms with van der Waals surface area (Å²) in [5.41, 5.74) is -1.25. The van der Waals surface area contributed by atoms with Crippen LogP contribution in [0.5, 0.6) is 0 Å². The van der Waals surface area contributed by atoms with Gasteiger partial charge in [-0.2, -0.15) is 0 Å². The smallest absolute Gasteiger partial charge is 0.407 e. The van der Waals surface area contributed by atoms with Gasteiger partial charge in [-0.3, -0.25) is 10.1 Å². The summed E-state index contributed by atoms with van der Waals surface area (Å²) in [6.07, 6.45) is -0.733.